The smallest absolute Gasteiger partial charge is 0.305 e. The predicted molar refractivity (Wildman–Crippen MR) is 84.4 cm³/mol. The van der Waals surface area contributed by atoms with Gasteiger partial charge >= 0.3 is 5.97 Å². The third-order valence-electron chi connectivity index (χ3n) is 3.26. The molecule has 0 aliphatic carbocycles. The number of carbonyl (C=O) groups excluding carboxylic acids is 2. The number of nitrogens with one attached hydrogen (secondary N) is 1. The second-order valence-corrected chi connectivity index (χ2v) is 4.77. The van der Waals surface area contributed by atoms with E-state index in [-0.39, 0.29) is 41.7 Å². The summed E-state index contributed by atoms with van der Waals surface area (Å²) in [5, 5.41) is 13.7. The number of unbranched alkanes of at least 4 members (excludes halogenated alkanes) is 1. The Hall–Kier alpha value is -2.84. The molecule has 0 bridgehead atoms. The van der Waals surface area contributed by atoms with Gasteiger partial charge in [0.15, 0.2) is 11.5 Å². The van der Waals surface area contributed by atoms with Crippen LogP contribution in [0.3, 0.4) is 0 Å². The molecule has 132 valence electrons. The molecule has 0 atom stereocenters. The SMILES string of the molecule is COC(=O)CCCCNC(=O)c1cc(OC)c(OC)cc1[N+](=O)[O-]. The van der Waals surface area contributed by atoms with Crippen molar-refractivity contribution < 1.29 is 28.7 Å². The van der Waals surface area contributed by atoms with Crippen LogP contribution in [0.5, 0.6) is 11.5 Å². The highest BCUT2D eigenvalue weighted by Crippen LogP contribution is 2.34. The maximum absolute atomic E-state index is 12.2. The predicted octanol–water partition coefficient (Wildman–Crippen LogP) is 1.69. The fourth-order valence-corrected chi connectivity index (χ4v) is 1.99. The minimum Gasteiger partial charge on any atom is -0.493 e. The van der Waals surface area contributed by atoms with Crippen molar-refractivity contribution >= 4 is 17.6 Å². The van der Waals surface area contributed by atoms with E-state index >= 15 is 0 Å². The van der Waals surface area contributed by atoms with Crippen LogP contribution in [0.1, 0.15) is 29.6 Å². The number of hydrogen-bond acceptors (Lipinski definition) is 7. The van der Waals surface area contributed by atoms with E-state index in [1.807, 2.05) is 0 Å². The van der Waals surface area contributed by atoms with Gasteiger partial charge in [0.05, 0.1) is 32.3 Å². The minimum absolute atomic E-state index is 0.120. The summed E-state index contributed by atoms with van der Waals surface area (Å²) in [6, 6.07) is 2.41. The molecule has 1 N–H and O–H groups in total. The Labute approximate surface area is 139 Å². The molecule has 0 saturated carbocycles. The number of rotatable bonds is 9. The second-order valence-electron chi connectivity index (χ2n) is 4.77. The molecule has 1 aromatic rings. The molecule has 9 heteroatoms. The number of esters is 1. The van der Waals surface area contributed by atoms with E-state index in [1.165, 1.54) is 27.4 Å². The molecule has 1 amide bonds. The summed E-state index contributed by atoms with van der Waals surface area (Å²) >= 11 is 0. The van der Waals surface area contributed by atoms with Crippen molar-refractivity contribution in [1.29, 1.82) is 0 Å². The van der Waals surface area contributed by atoms with Crippen molar-refractivity contribution in [3.8, 4) is 11.5 Å². The van der Waals surface area contributed by atoms with Crippen LogP contribution in [0, 0.1) is 10.1 Å². The Balaban J connectivity index is 2.78. The Kier molecular flexibility index (Phi) is 7.47. The number of benzene rings is 1. The van der Waals surface area contributed by atoms with Gasteiger partial charge in [-0.3, -0.25) is 19.7 Å². The molecule has 0 unspecified atom stereocenters. The first-order valence-corrected chi connectivity index (χ1v) is 7.20. The molecule has 0 aromatic heterocycles. The number of carbonyl (C=O) groups is 2. The summed E-state index contributed by atoms with van der Waals surface area (Å²) in [4.78, 5) is 33.7. The quantitative estimate of drug-likeness (QED) is 0.314. The number of amides is 1. The maximum atomic E-state index is 12.2. The Morgan fingerprint density at radius 1 is 1.12 bits per heavy atom. The van der Waals surface area contributed by atoms with Gasteiger partial charge in [-0.2, -0.15) is 0 Å². The number of nitro benzene ring substituents is 1. The topological polar surface area (TPSA) is 117 Å². The number of ether oxygens (including phenoxy) is 3. The van der Waals surface area contributed by atoms with Crippen LogP contribution in [-0.2, 0) is 9.53 Å². The van der Waals surface area contributed by atoms with Crippen molar-refractivity contribution in [2.24, 2.45) is 0 Å². The van der Waals surface area contributed by atoms with Crippen LogP contribution in [0.2, 0.25) is 0 Å². The second kappa shape index (κ2) is 9.33. The van der Waals surface area contributed by atoms with Crippen molar-refractivity contribution in [3.05, 3.63) is 27.8 Å². The third kappa shape index (κ3) is 5.11. The summed E-state index contributed by atoms with van der Waals surface area (Å²) in [6.45, 7) is 0.279. The molecule has 0 radical (unpaired) electrons. The molecular formula is C15H20N2O7. The monoisotopic (exact) mass is 340 g/mol. The lowest BCUT2D eigenvalue weighted by atomic mass is 10.1. The number of nitro groups is 1. The minimum atomic E-state index is -0.659. The first-order chi connectivity index (χ1) is 11.4. The van der Waals surface area contributed by atoms with Crippen LogP contribution < -0.4 is 14.8 Å². The van der Waals surface area contributed by atoms with E-state index in [0.717, 1.165) is 6.07 Å². The standard InChI is InChI=1S/C15H20N2O7/c1-22-12-8-10(11(17(20)21)9-13(12)23-2)15(19)16-7-5-4-6-14(18)24-3/h8-9H,4-7H2,1-3H3,(H,16,19). The summed E-state index contributed by atoms with van der Waals surface area (Å²) in [5.74, 6) is -0.532. The molecule has 0 aliphatic heterocycles. The van der Waals surface area contributed by atoms with E-state index in [9.17, 15) is 19.7 Å². The van der Waals surface area contributed by atoms with Crippen molar-refractivity contribution in [3.63, 3.8) is 0 Å². The van der Waals surface area contributed by atoms with Crippen LogP contribution in [0.25, 0.3) is 0 Å². The third-order valence-corrected chi connectivity index (χ3v) is 3.26. The molecule has 0 spiro atoms. The molecule has 0 fully saturated rings. The lowest BCUT2D eigenvalue weighted by Gasteiger charge is -2.11. The molecular weight excluding hydrogens is 320 g/mol. The number of hydrogen-bond donors (Lipinski definition) is 1. The summed E-state index contributed by atoms with van der Waals surface area (Å²) in [5.41, 5.74) is -0.495. The fraction of sp³-hybridized carbons (Fsp3) is 0.467. The molecule has 0 heterocycles. The molecule has 1 aromatic carbocycles. The number of nitrogens with zero attached hydrogens (tertiary/aromatic N) is 1. The van der Waals surface area contributed by atoms with Crippen LogP contribution in [0.15, 0.2) is 12.1 Å². The van der Waals surface area contributed by atoms with E-state index in [2.05, 4.69) is 10.1 Å². The molecule has 9 nitrogen and oxygen atoms in total. The molecule has 24 heavy (non-hydrogen) atoms. The van der Waals surface area contributed by atoms with Gasteiger partial charge < -0.3 is 19.5 Å². The Morgan fingerprint density at radius 2 is 1.75 bits per heavy atom. The van der Waals surface area contributed by atoms with Gasteiger partial charge in [0, 0.05) is 19.0 Å². The fourth-order valence-electron chi connectivity index (χ4n) is 1.99. The highest BCUT2D eigenvalue weighted by atomic mass is 16.6. The highest BCUT2D eigenvalue weighted by Gasteiger charge is 2.24. The van der Waals surface area contributed by atoms with E-state index in [4.69, 9.17) is 9.47 Å². The maximum Gasteiger partial charge on any atom is 0.305 e. The van der Waals surface area contributed by atoms with E-state index in [1.54, 1.807) is 0 Å². The summed E-state index contributed by atoms with van der Waals surface area (Å²) in [6.07, 6.45) is 1.34. The first kappa shape index (κ1) is 19.2. The molecule has 0 aliphatic rings. The zero-order chi connectivity index (χ0) is 18.1. The van der Waals surface area contributed by atoms with Gasteiger partial charge in [-0.1, -0.05) is 0 Å². The zero-order valence-electron chi connectivity index (χ0n) is 13.8. The molecule has 1 rings (SSSR count). The average Bonchev–Trinajstić information content (AvgIpc) is 2.59. The van der Waals surface area contributed by atoms with Crippen LogP contribution in [0.4, 0.5) is 5.69 Å². The van der Waals surface area contributed by atoms with Gasteiger partial charge in [-0.05, 0) is 12.8 Å². The van der Waals surface area contributed by atoms with Crippen LogP contribution >= 0.6 is 0 Å². The average molecular weight is 340 g/mol. The van der Waals surface area contributed by atoms with E-state index < -0.39 is 10.8 Å². The molecule has 0 saturated heterocycles. The van der Waals surface area contributed by atoms with Gasteiger partial charge in [-0.25, -0.2) is 0 Å². The normalized spacial score (nSPS) is 9.96. The van der Waals surface area contributed by atoms with Crippen molar-refractivity contribution in [2.45, 2.75) is 19.3 Å². The van der Waals surface area contributed by atoms with Gasteiger partial charge in [0.25, 0.3) is 11.6 Å². The lowest BCUT2D eigenvalue weighted by Crippen LogP contribution is -2.25. The summed E-state index contributed by atoms with van der Waals surface area (Å²) < 4.78 is 14.6. The highest BCUT2D eigenvalue weighted by molar-refractivity contribution is 5.99. The largest absolute Gasteiger partial charge is 0.493 e. The zero-order valence-corrected chi connectivity index (χ0v) is 13.8. The van der Waals surface area contributed by atoms with Crippen molar-refractivity contribution in [1.82, 2.24) is 5.32 Å². The number of methoxy groups -OCH3 is 3. The summed E-state index contributed by atoms with van der Waals surface area (Å²) in [7, 11) is 4.03. The van der Waals surface area contributed by atoms with Gasteiger partial charge in [-0.15, -0.1) is 0 Å². The van der Waals surface area contributed by atoms with Gasteiger partial charge in [0.1, 0.15) is 5.56 Å². The van der Waals surface area contributed by atoms with Crippen molar-refractivity contribution in [2.75, 3.05) is 27.9 Å². The van der Waals surface area contributed by atoms with E-state index in [0.29, 0.717) is 12.8 Å². The Bertz CT molecular complexity index is 616. The lowest BCUT2D eigenvalue weighted by molar-refractivity contribution is -0.385. The Morgan fingerprint density at radius 3 is 2.29 bits per heavy atom. The van der Waals surface area contributed by atoms with Crippen LogP contribution in [-0.4, -0.2) is 44.7 Å². The first-order valence-electron chi connectivity index (χ1n) is 7.20. The van der Waals surface area contributed by atoms with Gasteiger partial charge in [0.2, 0.25) is 0 Å².